The zero-order valence-electron chi connectivity index (χ0n) is 8.61. The van der Waals surface area contributed by atoms with Gasteiger partial charge in [0.15, 0.2) is 0 Å². The Morgan fingerprint density at radius 2 is 2.00 bits per heavy atom. The van der Waals surface area contributed by atoms with Gasteiger partial charge < -0.3 is 14.0 Å². The number of nitrogens with zero attached hydrogens (tertiary/aromatic N) is 3. The van der Waals surface area contributed by atoms with E-state index in [1.54, 1.807) is 12.5 Å². The second kappa shape index (κ2) is 4.34. The van der Waals surface area contributed by atoms with Gasteiger partial charge in [0.25, 0.3) is 6.01 Å². The van der Waals surface area contributed by atoms with Crippen LogP contribution in [-0.4, -0.2) is 19.6 Å². The molecule has 16 heavy (non-hydrogen) atoms. The summed E-state index contributed by atoms with van der Waals surface area (Å²) in [6.45, 7) is 0. The molecule has 0 spiro atoms. The average molecular weight is 393 g/mol. The van der Waals surface area contributed by atoms with Gasteiger partial charge in [0.2, 0.25) is 0 Å². The molecule has 0 saturated carbocycles. The monoisotopic (exact) mass is 393 g/mol. The fourth-order valence-electron chi connectivity index (χ4n) is 1.75. The molecule has 4 nitrogen and oxygen atoms in total. The molecule has 0 amide bonds. The van der Waals surface area contributed by atoms with Gasteiger partial charge in [-0.3, -0.25) is 0 Å². The molecule has 0 atom stereocenters. The zero-order valence-corrected chi connectivity index (χ0v) is 10.9. The molecular weight excluding hydrogens is 384 g/mol. The molecule has 3 rings (SSSR count). The minimum absolute atomic E-state index is 0. The molecular formula is C10H9BN3OPt. The van der Waals surface area contributed by atoms with E-state index in [1.807, 2.05) is 42.4 Å². The number of anilines is 3. The third-order valence-electron chi connectivity index (χ3n) is 2.44. The molecule has 0 N–H and O–H groups in total. The Morgan fingerprint density at radius 3 is 2.69 bits per heavy atom. The standard InChI is InChI=1S/C10H9BN3O.Pt/c1-13-8-4-2-3-5-9(8)14(11-13)10-12-6-7-15-10;/h2-7H,1H3;. The van der Waals surface area contributed by atoms with Gasteiger partial charge in [0, 0.05) is 26.8 Å². The molecule has 6 heteroatoms. The summed E-state index contributed by atoms with van der Waals surface area (Å²) in [6.07, 6.45) is 3.22. The van der Waals surface area contributed by atoms with Crippen molar-refractivity contribution in [1.82, 2.24) is 4.98 Å². The summed E-state index contributed by atoms with van der Waals surface area (Å²) in [5, 5.41) is 0. The number of oxazole rings is 1. The minimum atomic E-state index is 0. The Kier molecular flexibility index (Phi) is 3.06. The van der Waals surface area contributed by atoms with Crippen molar-refractivity contribution in [3.8, 4) is 0 Å². The van der Waals surface area contributed by atoms with Crippen molar-refractivity contribution in [2.24, 2.45) is 0 Å². The fourth-order valence-corrected chi connectivity index (χ4v) is 1.75. The van der Waals surface area contributed by atoms with Crippen molar-refractivity contribution in [2.45, 2.75) is 0 Å². The summed E-state index contributed by atoms with van der Waals surface area (Å²) < 4.78 is 5.28. The molecule has 0 saturated heterocycles. The SMILES string of the molecule is CN1[B]N(c2ncco2)c2ccccc21.[Pt]. The third-order valence-corrected chi connectivity index (χ3v) is 2.44. The van der Waals surface area contributed by atoms with Crippen LogP contribution in [0.5, 0.6) is 0 Å². The van der Waals surface area contributed by atoms with Crippen molar-refractivity contribution in [1.29, 1.82) is 0 Å². The molecule has 1 radical (unpaired) electrons. The van der Waals surface area contributed by atoms with Gasteiger partial charge >= 0.3 is 7.55 Å². The van der Waals surface area contributed by atoms with Gasteiger partial charge in [-0.2, -0.15) is 0 Å². The molecule has 2 aromatic rings. The van der Waals surface area contributed by atoms with Crippen molar-refractivity contribution >= 4 is 24.9 Å². The molecule has 0 bridgehead atoms. The maximum absolute atomic E-state index is 5.28. The largest absolute Gasteiger partial charge is 0.433 e. The van der Waals surface area contributed by atoms with Crippen LogP contribution in [0.2, 0.25) is 0 Å². The van der Waals surface area contributed by atoms with E-state index in [1.165, 1.54) is 0 Å². The predicted octanol–water partition coefficient (Wildman–Crippen LogP) is 1.79. The van der Waals surface area contributed by atoms with Crippen LogP contribution in [0.3, 0.4) is 0 Å². The second-order valence-electron chi connectivity index (χ2n) is 3.40. The van der Waals surface area contributed by atoms with Crippen molar-refractivity contribution in [3.05, 3.63) is 36.7 Å². The van der Waals surface area contributed by atoms with E-state index in [-0.39, 0.29) is 21.1 Å². The van der Waals surface area contributed by atoms with Crippen LogP contribution in [0.1, 0.15) is 0 Å². The first-order chi connectivity index (χ1) is 7.36. The third kappa shape index (κ3) is 1.65. The Bertz CT molecular complexity index is 477. The summed E-state index contributed by atoms with van der Waals surface area (Å²) in [5.41, 5.74) is 2.23. The molecule has 1 aromatic heterocycles. The topological polar surface area (TPSA) is 32.5 Å². The van der Waals surface area contributed by atoms with Gasteiger partial charge in [0.05, 0.1) is 11.9 Å². The number of para-hydroxylation sites is 2. The number of hydrogen-bond acceptors (Lipinski definition) is 4. The van der Waals surface area contributed by atoms with E-state index in [0.29, 0.717) is 6.01 Å². The normalized spacial score (nSPS) is 13.1. The molecule has 0 unspecified atom stereocenters. The average Bonchev–Trinajstić information content (AvgIpc) is 2.87. The van der Waals surface area contributed by atoms with Gasteiger partial charge in [0.1, 0.15) is 6.26 Å². The number of hydrogen-bond donors (Lipinski definition) is 0. The van der Waals surface area contributed by atoms with Crippen LogP contribution in [0.25, 0.3) is 0 Å². The van der Waals surface area contributed by atoms with E-state index in [9.17, 15) is 0 Å². The van der Waals surface area contributed by atoms with Crippen LogP contribution >= 0.6 is 0 Å². The Balaban J connectivity index is 0.000000963. The van der Waals surface area contributed by atoms with Gasteiger partial charge in [-0.25, -0.2) is 4.98 Å². The Labute approximate surface area is 109 Å². The summed E-state index contributed by atoms with van der Waals surface area (Å²) in [7, 11) is 3.96. The Morgan fingerprint density at radius 1 is 1.25 bits per heavy atom. The van der Waals surface area contributed by atoms with Crippen LogP contribution in [0, 0.1) is 0 Å². The Hall–Kier alpha value is -1.22. The van der Waals surface area contributed by atoms with Crippen LogP contribution in [0.15, 0.2) is 41.1 Å². The maximum atomic E-state index is 5.28. The van der Waals surface area contributed by atoms with Crippen LogP contribution in [0.4, 0.5) is 17.4 Å². The summed E-state index contributed by atoms with van der Waals surface area (Å²) >= 11 is 0. The molecule has 1 aliphatic heterocycles. The first-order valence-electron chi connectivity index (χ1n) is 4.72. The fraction of sp³-hybridized carbons (Fsp3) is 0.100. The first-order valence-corrected chi connectivity index (χ1v) is 4.72. The summed E-state index contributed by atoms with van der Waals surface area (Å²) in [5.74, 6) is 0. The first kappa shape index (κ1) is 11.3. The molecule has 0 fully saturated rings. The van der Waals surface area contributed by atoms with Crippen molar-refractivity contribution in [2.75, 3.05) is 16.7 Å². The maximum Gasteiger partial charge on any atom is 0.400 e. The molecule has 1 aliphatic rings. The molecule has 0 aliphatic carbocycles. The number of rotatable bonds is 1. The molecule has 1 aromatic carbocycles. The smallest absolute Gasteiger partial charge is 0.400 e. The number of fused-ring (bicyclic) bond motifs is 1. The molecule has 83 valence electrons. The van der Waals surface area contributed by atoms with E-state index in [0.717, 1.165) is 11.4 Å². The predicted molar refractivity (Wildman–Crippen MR) is 59.2 cm³/mol. The molecule has 2 heterocycles. The van der Waals surface area contributed by atoms with E-state index >= 15 is 0 Å². The number of aromatic nitrogens is 1. The van der Waals surface area contributed by atoms with Gasteiger partial charge in [-0.1, -0.05) is 12.1 Å². The summed E-state index contributed by atoms with van der Waals surface area (Å²) in [6, 6.07) is 8.71. The van der Waals surface area contributed by atoms with Gasteiger partial charge in [-0.05, 0) is 19.2 Å². The van der Waals surface area contributed by atoms with E-state index < -0.39 is 0 Å². The minimum Gasteiger partial charge on any atom is -0.433 e. The number of benzene rings is 1. The van der Waals surface area contributed by atoms with E-state index in [4.69, 9.17) is 4.42 Å². The van der Waals surface area contributed by atoms with Crippen molar-refractivity contribution < 1.29 is 25.5 Å². The quantitative estimate of drug-likeness (QED) is 0.692. The van der Waals surface area contributed by atoms with E-state index in [2.05, 4.69) is 11.1 Å². The van der Waals surface area contributed by atoms with Crippen LogP contribution < -0.4 is 9.62 Å². The summed E-state index contributed by atoms with van der Waals surface area (Å²) in [4.78, 5) is 8.10. The second-order valence-corrected chi connectivity index (χ2v) is 3.40. The van der Waals surface area contributed by atoms with Crippen molar-refractivity contribution in [3.63, 3.8) is 0 Å². The van der Waals surface area contributed by atoms with Crippen LogP contribution in [-0.2, 0) is 21.1 Å². The zero-order chi connectivity index (χ0) is 10.3. The van der Waals surface area contributed by atoms with Gasteiger partial charge in [-0.15, -0.1) is 0 Å².